The summed E-state index contributed by atoms with van der Waals surface area (Å²) >= 11 is 0. The van der Waals surface area contributed by atoms with Crippen LogP contribution in [0.1, 0.15) is 53.0 Å². The van der Waals surface area contributed by atoms with Gasteiger partial charge in [0.1, 0.15) is 17.4 Å². The van der Waals surface area contributed by atoms with Crippen LogP contribution in [0.5, 0.6) is 5.75 Å². The highest BCUT2D eigenvalue weighted by molar-refractivity contribution is 5.87. The number of rotatable bonds is 7. The summed E-state index contributed by atoms with van der Waals surface area (Å²) in [5, 5.41) is 16.4. The van der Waals surface area contributed by atoms with Gasteiger partial charge >= 0.3 is 0 Å². The van der Waals surface area contributed by atoms with E-state index in [1.807, 2.05) is 38.1 Å². The molecule has 264 valence electrons. The van der Waals surface area contributed by atoms with E-state index in [1.165, 1.54) is 24.7 Å². The maximum atomic E-state index is 14.9. The molecule has 4 fully saturated rings. The van der Waals surface area contributed by atoms with Crippen LogP contribution in [0.3, 0.4) is 0 Å². The van der Waals surface area contributed by atoms with Crippen LogP contribution >= 0.6 is 0 Å². The Balaban J connectivity index is 1.25. The number of hydroxylamine groups is 2. The molecule has 3 saturated carbocycles. The first kappa shape index (κ1) is 34.1. The monoisotopic (exact) mass is 681 g/mol. The number of aliphatic imine (C=N–C) groups is 1. The van der Waals surface area contributed by atoms with Crippen LogP contribution in [0.25, 0.3) is 22.3 Å². The Kier molecular flexibility index (Phi) is 9.15. The van der Waals surface area contributed by atoms with E-state index in [-0.39, 0.29) is 30.0 Å². The second-order valence-corrected chi connectivity index (χ2v) is 15.2. The van der Waals surface area contributed by atoms with E-state index in [2.05, 4.69) is 36.0 Å². The number of methoxy groups -OCH3 is 1. The van der Waals surface area contributed by atoms with Crippen molar-refractivity contribution in [2.75, 3.05) is 20.2 Å². The van der Waals surface area contributed by atoms with Gasteiger partial charge in [-0.1, -0.05) is 26.8 Å². The normalized spacial score (nSPS) is 26.5. The van der Waals surface area contributed by atoms with E-state index in [9.17, 15) is 14.4 Å². The predicted molar refractivity (Wildman–Crippen MR) is 193 cm³/mol. The summed E-state index contributed by atoms with van der Waals surface area (Å²) in [6.07, 6.45) is 6.05. The fraction of sp³-hybridized carbons (Fsp3) is 0.487. The quantitative estimate of drug-likeness (QED) is 0.173. The molecule has 0 unspecified atom stereocenters. The molecule has 0 amide bonds. The molecule has 0 radical (unpaired) electrons. The number of pyridine rings is 1. The lowest BCUT2D eigenvalue weighted by Gasteiger charge is -2.62. The minimum Gasteiger partial charge on any atom is -0.497 e. The third kappa shape index (κ3) is 6.26. The number of aryl methyl sites for hydroxylation is 1. The number of hydrogen-bond donors (Lipinski definition) is 2. The van der Waals surface area contributed by atoms with Crippen molar-refractivity contribution in [2.45, 2.75) is 78.6 Å². The summed E-state index contributed by atoms with van der Waals surface area (Å²) in [6, 6.07) is 14.1. The zero-order chi connectivity index (χ0) is 35.3. The number of benzene rings is 2. The molecule has 0 spiro atoms. The average molecular weight is 682 g/mol. The van der Waals surface area contributed by atoms with Crippen molar-refractivity contribution >= 4 is 22.5 Å². The van der Waals surface area contributed by atoms with Crippen molar-refractivity contribution in [1.82, 2.24) is 29.8 Å². The Bertz CT molecular complexity index is 1950. The molecular formula is C39H48FN7O3. The van der Waals surface area contributed by atoms with E-state index in [0.717, 1.165) is 12.4 Å². The molecule has 50 heavy (non-hydrogen) atoms. The average Bonchev–Trinajstić information content (AvgIpc) is 3.10. The van der Waals surface area contributed by atoms with Gasteiger partial charge in [0.05, 0.1) is 35.8 Å². The predicted octanol–water partition coefficient (Wildman–Crippen LogP) is 6.28. The summed E-state index contributed by atoms with van der Waals surface area (Å²) in [7, 11) is 1.50. The molecule has 10 nitrogen and oxygen atoms in total. The van der Waals surface area contributed by atoms with Crippen molar-refractivity contribution in [3.63, 3.8) is 0 Å². The minimum absolute atomic E-state index is 0.0629. The number of nitrogens with one attached hydrogen (secondary N) is 1. The third-order valence-electron chi connectivity index (χ3n) is 11.8. The van der Waals surface area contributed by atoms with Crippen molar-refractivity contribution in [3.8, 4) is 17.1 Å². The Morgan fingerprint density at radius 3 is 2.54 bits per heavy atom. The lowest BCUT2D eigenvalue weighted by atomic mass is 9.45. The lowest BCUT2D eigenvalue weighted by Crippen LogP contribution is -2.64. The SMILES string of the molecule is COc1ccc(CCn2c(-c3cccnc3)nc3cc(N=C(N[C@H]4C[C@H]5C[C@H]([C@H]4C)C5(C)C)N4C[C@@H](C)N(O)[C@@H](C)C4)ccc3c2=O)c(F)c1. The highest BCUT2D eigenvalue weighted by Crippen LogP contribution is 2.61. The molecule has 2 N–H and O–H groups in total. The minimum atomic E-state index is -0.381. The number of hydrogen-bond acceptors (Lipinski definition) is 7. The first-order valence-electron chi connectivity index (χ1n) is 17.8. The van der Waals surface area contributed by atoms with Crippen molar-refractivity contribution in [3.05, 3.63) is 82.7 Å². The smallest absolute Gasteiger partial charge is 0.261 e. The number of fused-ring (bicyclic) bond motifs is 3. The van der Waals surface area contributed by atoms with Crippen LogP contribution in [-0.2, 0) is 13.0 Å². The van der Waals surface area contributed by atoms with Gasteiger partial charge in [-0.2, -0.15) is 5.06 Å². The van der Waals surface area contributed by atoms with Gasteiger partial charge in [-0.05, 0) is 98.2 Å². The topological polar surface area (TPSA) is 108 Å². The van der Waals surface area contributed by atoms with Gasteiger partial charge < -0.3 is 20.2 Å². The van der Waals surface area contributed by atoms with Gasteiger partial charge in [0.2, 0.25) is 0 Å². The maximum Gasteiger partial charge on any atom is 0.261 e. The van der Waals surface area contributed by atoms with E-state index >= 15 is 0 Å². The molecule has 11 heteroatoms. The molecule has 2 bridgehead atoms. The molecule has 2 aromatic carbocycles. The van der Waals surface area contributed by atoms with Gasteiger partial charge in [0.25, 0.3) is 5.56 Å². The maximum absolute atomic E-state index is 14.9. The number of piperazine rings is 1. The molecule has 4 aliphatic rings. The Morgan fingerprint density at radius 2 is 1.88 bits per heavy atom. The zero-order valence-electron chi connectivity index (χ0n) is 29.8. The highest BCUT2D eigenvalue weighted by atomic mass is 19.1. The second kappa shape index (κ2) is 13.4. The summed E-state index contributed by atoms with van der Waals surface area (Å²) in [4.78, 5) is 30.8. The Morgan fingerprint density at radius 1 is 1.10 bits per heavy atom. The molecule has 3 aliphatic carbocycles. The number of halogens is 1. The van der Waals surface area contributed by atoms with Crippen LogP contribution in [0.4, 0.5) is 10.1 Å². The standard InChI is InChI=1S/C39H48FN7O3/c1-23-21-45(22-24(2)47(23)49)38(44-34-17-28-16-32(25(34)3)39(28,4)5)42-29-10-12-31-35(18-29)43-36(27-8-7-14-41-20-27)46(37(31)48)15-13-26-9-11-30(50-6)19-33(26)40/h7-12,14,18-20,23-25,28,32,34,49H,13,15-17,21-22H2,1-6H3,(H,42,44)/t23-,24+,25-,28-,32-,34+/m1/s1. The van der Waals surface area contributed by atoms with E-state index in [0.29, 0.717) is 88.0 Å². The van der Waals surface area contributed by atoms with E-state index in [4.69, 9.17) is 14.7 Å². The van der Waals surface area contributed by atoms with Crippen LogP contribution in [-0.4, -0.2) is 74.0 Å². The molecule has 6 atom stereocenters. The molecule has 3 heterocycles. The van der Waals surface area contributed by atoms with E-state index in [1.54, 1.807) is 35.2 Å². The van der Waals surface area contributed by atoms with Crippen LogP contribution in [0, 0.1) is 29.0 Å². The fourth-order valence-electron chi connectivity index (χ4n) is 8.60. The summed E-state index contributed by atoms with van der Waals surface area (Å²) in [5.74, 6) is 3.17. The van der Waals surface area contributed by atoms with Gasteiger partial charge in [0, 0.05) is 49.7 Å². The van der Waals surface area contributed by atoms with Crippen molar-refractivity contribution < 1.29 is 14.3 Å². The van der Waals surface area contributed by atoms with Crippen LogP contribution in [0.2, 0.25) is 0 Å². The molecule has 4 aromatic rings. The number of aromatic nitrogens is 3. The van der Waals surface area contributed by atoms with Gasteiger partial charge in [-0.3, -0.25) is 14.3 Å². The summed E-state index contributed by atoms with van der Waals surface area (Å²) < 4.78 is 21.6. The van der Waals surface area contributed by atoms with Gasteiger partial charge in [-0.25, -0.2) is 14.4 Å². The molecule has 1 saturated heterocycles. The molecule has 1 aliphatic heterocycles. The van der Waals surface area contributed by atoms with Crippen LogP contribution < -0.4 is 15.6 Å². The second-order valence-electron chi connectivity index (χ2n) is 15.2. The number of nitrogens with zero attached hydrogens (tertiary/aromatic N) is 6. The largest absolute Gasteiger partial charge is 0.497 e. The van der Waals surface area contributed by atoms with Crippen molar-refractivity contribution in [1.29, 1.82) is 0 Å². The Labute approximate surface area is 293 Å². The number of guanidine groups is 1. The third-order valence-corrected chi connectivity index (χ3v) is 11.8. The number of ether oxygens (including phenoxy) is 1. The van der Waals surface area contributed by atoms with Crippen molar-refractivity contribution in [2.24, 2.45) is 28.2 Å². The zero-order valence-corrected chi connectivity index (χ0v) is 29.8. The molecular weight excluding hydrogens is 633 g/mol. The first-order chi connectivity index (χ1) is 23.9. The van der Waals surface area contributed by atoms with Crippen LogP contribution in [0.15, 0.2) is 70.7 Å². The van der Waals surface area contributed by atoms with Gasteiger partial charge in [0.15, 0.2) is 5.96 Å². The molecule has 2 aromatic heterocycles. The lowest BCUT2D eigenvalue weighted by molar-refractivity contribution is -0.173. The summed E-state index contributed by atoms with van der Waals surface area (Å²) in [5.41, 5.74) is 2.54. The Hall–Kier alpha value is -4.35. The highest BCUT2D eigenvalue weighted by Gasteiger charge is 2.56. The summed E-state index contributed by atoms with van der Waals surface area (Å²) in [6.45, 7) is 12.7. The molecule has 8 rings (SSSR count). The van der Waals surface area contributed by atoms with Gasteiger partial charge in [-0.15, -0.1) is 0 Å². The fourth-order valence-corrected chi connectivity index (χ4v) is 8.60. The van der Waals surface area contributed by atoms with E-state index < -0.39 is 0 Å². The first-order valence-corrected chi connectivity index (χ1v) is 17.8.